The van der Waals surface area contributed by atoms with Crippen LogP contribution in [0.5, 0.6) is 11.5 Å². The minimum absolute atomic E-state index is 0.0606. The zero-order valence-electron chi connectivity index (χ0n) is 12.8. The maximum absolute atomic E-state index is 12.4. The molecule has 0 amide bonds. The summed E-state index contributed by atoms with van der Waals surface area (Å²) < 4.78 is 0. The smallest absolute Gasteiger partial charge is 0.180 e. The number of hydrogen-bond donors (Lipinski definition) is 2. The monoisotopic (exact) mass is 292 g/mol. The van der Waals surface area contributed by atoms with Gasteiger partial charge in [-0.2, -0.15) is 0 Å². The van der Waals surface area contributed by atoms with E-state index in [-0.39, 0.29) is 17.3 Å². The lowest BCUT2D eigenvalue weighted by molar-refractivity contribution is 0.0874. The highest BCUT2D eigenvalue weighted by atomic mass is 16.3. The summed E-state index contributed by atoms with van der Waals surface area (Å²) in [6.07, 6.45) is 1.57. The van der Waals surface area contributed by atoms with Crippen LogP contribution in [0.2, 0.25) is 0 Å². The number of phenols is 2. The van der Waals surface area contributed by atoms with Crippen LogP contribution in [0.25, 0.3) is 0 Å². The lowest BCUT2D eigenvalue weighted by Crippen LogP contribution is -2.46. The number of piperazine rings is 1. The van der Waals surface area contributed by atoms with Crippen LogP contribution in [0.4, 0.5) is 0 Å². The number of benzene rings is 1. The second kappa shape index (κ2) is 6.91. The van der Waals surface area contributed by atoms with Gasteiger partial charge < -0.3 is 15.1 Å². The fourth-order valence-electron chi connectivity index (χ4n) is 2.61. The summed E-state index contributed by atoms with van der Waals surface area (Å²) in [5.41, 5.74) is 1.03. The molecule has 2 rings (SSSR count). The maximum atomic E-state index is 12.4. The van der Waals surface area contributed by atoms with Crippen molar-refractivity contribution in [3.8, 4) is 11.5 Å². The van der Waals surface area contributed by atoms with E-state index in [9.17, 15) is 15.0 Å². The number of Topliss-reactive ketones (excluding diaryl/α,β-unsaturated/α-hetero) is 1. The highest BCUT2D eigenvalue weighted by molar-refractivity contribution is 6.00. The quantitative estimate of drug-likeness (QED) is 0.805. The number of rotatable bonds is 5. The summed E-state index contributed by atoms with van der Waals surface area (Å²) in [7, 11) is 2.07. The third-order valence-electron chi connectivity index (χ3n) is 3.98. The van der Waals surface area contributed by atoms with Gasteiger partial charge in [-0.15, -0.1) is 0 Å². The van der Waals surface area contributed by atoms with Crippen molar-refractivity contribution in [2.45, 2.75) is 19.8 Å². The van der Waals surface area contributed by atoms with Gasteiger partial charge in [0, 0.05) is 32.2 Å². The molecule has 21 heavy (non-hydrogen) atoms. The van der Waals surface area contributed by atoms with Crippen molar-refractivity contribution < 1.29 is 15.0 Å². The van der Waals surface area contributed by atoms with Crippen LogP contribution in [0, 0.1) is 0 Å². The summed E-state index contributed by atoms with van der Waals surface area (Å²) in [4.78, 5) is 16.7. The second-order valence-corrected chi connectivity index (χ2v) is 5.75. The van der Waals surface area contributed by atoms with Crippen molar-refractivity contribution in [3.05, 3.63) is 23.3 Å². The van der Waals surface area contributed by atoms with Gasteiger partial charge in [-0.05, 0) is 25.1 Å². The standard InChI is InChI=1S/C16H24N2O3/c1-3-4-12-9-13(15(20)10-14(12)19)16(21)11-18-7-5-17(2)6-8-18/h9-10,19-20H,3-8,11H2,1-2H3. The van der Waals surface area contributed by atoms with Crippen LogP contribution in [-0.4, -0.2) is 65.6 Å². The van der Waals surface area contributed by atoms with Gasteiger partial charge in [-0.25, -0.2) is 0 Å². The number of hydrogen-bond acceptors (Lipinski definition) is 5. The molecule has 0 radical (unpaired) electrons. The Bertz CT molecular complexity index is 508. The molecule has 1 aliphatic rings. The molecule has 1 saturated heterocycles. The lowest BCUT2D eigenvalue weighted by Gasteiger charge is -2.31. The topological polar surface area (TPSA) is 64.0 Å². The Morgan fingerprint density at radius 2 is 1.81 bits per heavy atom. The molecule has 1 aromatic carbocycles. The van der Waals surface area contributed by atoms with Crippen molar-refractivity contribution in [2.24, 2.45) is 0 Å². The van der Waals surface area contributed by atoms with Crippen LogP contribution < -0.4 is 0 Å². The Balaban J connectivity index is 2.09. The average molecular weight is 292 g/mol. The Hall–Kier alpha value is -1.59. The largest absolute Gasteiger partial charge is 0.508 e. The molecule has 1 aliphatic heterocycles. The van der Waals surface area contributed by atoms with E-state index in [1.54, 1.807) is 6.07 Å². The summed E-state index contributed by atoms with van der Waals surface area (Å²) >= 11 is 0. The van der Waals surface area contributed by atoms with E-state index < -0.39 is 0 Å². The zero-order valence-corrected chi connectivity index (χ0v) is 12.8. The Kier molecular flexibility index (Phi) is 5.20. The molecular weight excluding hydrogens is 268 g/mol. The molecule has 5 nitrogen and oxygen atoms in total. The summed E-state index contributed by atoms with van der Waals surface area (Å²) in [5.74, 6) is -0.161. The molecule has 0 unspecified atom stereocenters. The van der Waals surface area contributed by atoms with E-state index in [0.717, 1.165) is 38.2 Å². The molecule has 2 N–H and O–H groups in total. The normalized spacial score (nSPS) is 17.0. The predicted molar refractivity (Wildman–Crippen MR) is 82.0 cm³/mol. The minimum atomic E-state index is -0.133. The third kappa shape index (κ3) is 3.95. The van der Waals surface area contributed by atoms with E-state index in [1.807, 2.05) is 6.92 Å². The van der Waals surface area contributed by atoms with Gasteiger partial charge >= 0.3 is 0 Å². The first-order chi connectivity index (χ1) is 10.0. The van der Waals surface area contributed by atoms with Gasteiger partial charge in [-0.3, -0.25) is 9.69 Å². The van der Waals surface area contributed by atoms with E-state index >= 15 is 0 Å². The van der Waals surface area contributed by atoms with Gasteiger partial charge in [-0.1, -0.05) is 13.3 Å². The van der Waals surface area contributed by atoms with Crippen LogP contribution in [-0.2, 0) is 6.42 Å². The first kappa shape index (κ1) is 15.8. The summed E-state index contributed by atoms with van der Waals surface area (Å²) in [6.45, 7) is 5.97. The maximum Gasteiger partial charge on any atom is 0.180 e. The minimum Gasteiger partial charge on any atom is -0.508 e. The third-order valence-corrected chi connectivity index (χ3v) is 3.98. The number of likely N-dealkylation sites (N-methyl/N-ethyl adjacent to an activating group) is 1. The Labute approximate surface area is 125 Å². The molecule has 116 valence electrons. The van der Waals surface area contributed by atoms with Crippen molar-refractivity contribution >= 4 is 5.78 Å². The van der Waals surface area contributed by atoms with Crippen molar-refractivity contribution in [3.63, 3.8) is 0 Å². The van der Waals surface area contributed by atoms with Crippen LogP contribution in [0.1, 0.15) is 29.3 Å². The predicted octanol–water partition coefficient (Wildman–Crippen LogP) is 1.48. The van der Waals surface area contributed by atoms with Crippen LogP contribution >= 0.6 is 0 Å². The average Bonchev–Trinajstić information content (AvgIpc) is 2.44. The van der Waals surface area contributed by atoms with Gasteiger partial charge in [0.25, 0.3) is 0 Å². The molecule has 0 atom stereocenters. The molecule has 5 heteroatoms. The number of carbonyl (C=O) groups is 1. The molecule has 0 aliphatic carbocycles. The number of nitrogens with zero attached hydrogens (tertiary/aromatic N) is 2. The number of carbonyl (C=O) groups excluding carboxylic acids is 1. The van der Waals surface area contributed by atoms with Crippen LogP contribution in [0.3, 0.4) is 0 Å². The van der Waals surface area contributed by atoms with Crippen molar-refractivity contribution in [1.82, 2.24) is 9.80 Å². The SMILES string of the molecule is CCCc1cc(C(=O)CN2CCN(C)CC2)c(O)cc1O. The van der Waals surface area contributed by atoms with E-state index in [1.165, 1.54) is 6.07 Å². The highest BCUT2D eigenvalue weighted by Crippen LogP contribution is 2.28. The highest BCUT2D eigenvalue weighted by Gasteiger charge is 2.20. The molecule has 1 heterocycles. The fraction of sp³-hybridized carbons (Fsp3) is 0.562. The second-order valence-electron chi connectivity index (χ2n) is 5.75. The molecule has 0 bridgehead atoms. The molecule has 0 aromatic heterocycles. The van der Waals surface area contributed by atoms with Crippen LogP contribution in [0.15, 0.2) is 12.1 Å². The lowest BCUT2D eigenvalue weighted by atomic mass is 10.0. The van der Waals surface area contributed by atoms with E-state index in [4.69, 9.17) is 0 Å². The number of phenolic OH excluding ortho intramolecular Hbond substituents is 2. The van der Waals surface area contributed by atoms with E-state index in [0.29, 0.717) is 18.5 Å². The fourth-order valence-corrected chi connectivity index (χ4v) is 2.61. The van der Waals surface area contributed by atoms with E-state index in [2.05, 4.69) is 16.8 Å². The first-order valence-electron chi connectivity index (χ1n) is 7.50. The number of aromatic hydroxyl groups is 2. The zero-order chi connectivity index (χ0) is 15.4. The van der Waals surface area contributed by atoms with Gasteiger partial charge in [0.2, 0.25) is 0 Å². The summed E-state index contributed by atoms with van der Waals surface area (Å²) in [5, 5.41) is 19.7. The molecular formula is C16H24N2O3. The molecule has 0 saturated carbocycles. The van der Waals surface area contributed by atoms with Gasteiger partial charge in [0.05, 0.1) is 12.1 Å². The summed E-state index contributed by atoms with van der Waals surface area (Å²) in [6, 6.07) is 2.91. The first-order valence-corrected chi connectivity index (χ1v) is 7.50. The Morgan fingerprint density at radius 1 is 1.14 bits per heavy atom. The van der Waals surface area contributed by atoms with Gasteiger partial charge in [0.15, 0.2) is 5.78 Å². The van der Waals surface area contributed by atoms with Gasteiger partial charge in [0.1, 0.15) is 11.5 Å². The van der Waals surface area contributed by atoms with Crippen molar-refractivity contribution in [1.29, 1.82) is 0 Å². The number of aryl methyl sites for hydroxylation is 1. The van der Waals surface area contributed by atoms with Crippen molar-refractivity contribution in [2.75, 3.05) is 39.8 Å². The Morgan fingerprint density at radius 3 is 2.43 bits per heavy atom. The number of ketones is 1. The molecule has 0 spiro atoms. The molecule has 1 aromatic rings. The molecule has 1 fully saturated rings.